The minimum Gasteiger partial charge on any atom is -0.378 e. The van der Waals surface area contributed by atoms with Gasteiger partial charge in [-0.2, -0.15) is 0 Å². The zero-order chi connectivity index (χ0) is 16.8. The number of carbonyl (C=O) groups excluding carboxylic acids is 1. The number of pyridine rings is 1. The zero-order valence-corrected chi connectivity index (χ0v) is 14.5. The molecule has 1 saturated heterocycles. The highest BCUT2D eigenvalue weighted by Gasteiger charge is 2.19. The van der Waals surface area contributed by atoms with Gasteiger partial charge in [0.2, 0.25) is 5.91 Å². The summed E-state index contributed by atoms with van der Waals surface area (Å²) in [5.74, 6) is 1.29. The van der Waals surface area contributed by atoms with Crippen LogP contribution in [0.15, 0.2) is 29.7 Å². The van der Waals surface area contributed by atoms with Crippen LogP contribution in [0.25, 0.3) is 11.4 Å². The lowest BCUT2D eigenvalue weighted by Crippen LogP contribution is -2.41. The summed E-state index contributed by atoms with van der Waals surface area (Å²) in [5.41, 5.74) is 0.935. The number of hydrogen-bond acceptors (Lipinski definition) is 6. The molecule has 1 aliphatic rings. The average Bonchev–Trinajstić information content (AvgIpc) is 3.04. The highest BCUT2D eigenvalue weighted by molar-refractivity contribution is 7.99. The van der Waals surface area contributed by atoms with Crippen LogP contribution in [0.5, 0.6) is 0 Å². The normalized spacial score (nSPS) is 14.8. The van der Waals surface area contributed by atoms with Gasteiger partial charge in [0.15, 0.2) is 11.0 Å². The highest BCUT2D eigenvalue weighted by atomic mass is 32.2. The van der Waals surface area contributed by atoms with Gasteiger partial charge in [0.25, 0.3) is 0 Å². The van der Waals surface area contributed by atoms with Gasteiger partial charge < -0.3 is 14.2 Å². The van der Waals surface area contributed by atoms with Gasteiger partial charge in [-0.05, 0) is 18.6 Å². The van der Waals surface area contributed by atoms with Crippen molar-refractivity contribution in [1.29, 1.82) is 0 Å². The molecule has 1 amide bonds. The van der Waals surface area contributed by atoms with E-state index in [1.54, 1.807) is 12.4 Å². The summed E-state index contributed by atoms with van der Waals surface area (Å²) >= 11 is 1.44. The molecule has 0 radical (unpaired) electrons. The van der Waals surface area contributed by atoms with Crippen LogP contribution in [0.4, 0.5) is 0 Å². The fourth-order valence-electron chi connectivity index (χ4n) is 2.56. The Morgan fingerprint density at radius 1 is 1.33 bits per heavy atom. The summed E-state index contributed by atoms with van der Waals surface area (Å²) in [7, 11) is 0. The standard InChI is InChI=1S/C16H21N5O2S/c1-2-6-21-15(13-4-3-5-17-11-13)18-19-16(21)24-12-14(22)20-7-9-23-10-8-20/h3-5,11H,2,6-10,12H2,1H3. The van der Waals surface area contributed by atoms with E-state index in [0.29, 0.717) is 32.1 Å². The van der Waals surface area contributed by atoms with Gasteiger partial charge in [0, 0.05) is 37.6 Å². The van der Waals surface area contributed by atoms with E-state index in [1.165, 1.54) is 11.8 Å². The van der Waals surface area contributed by atoms with Crippen LogP contribution in [0.2, 0.25) is 0 Å². The first-order chi connectivity index (χ1) is 11.8. The summed E-state index contributed by atoms with van der Waals surface area (Å²) in [6.07, 6.45) is 4.49. The molecule has 128 valence electrons. The van der Waals surface area contributed by atoms with Crippen LogP contribution in [-0.4, -0.2) is 62.6 Å². The third-order valence-electron chi connectivity index (χ3n) is 3.77. The van der Waals surface area contributed by atoms with Crippen molar-refractivity contribution in [2.45, 2.75) is 25.0 Å². The van der Waals surface area contributed by atoms with Gasteiger partial charge in [0.05, 0.1) is 19.0 Å². The van der Waals surface area contributed by atoms with E-state index in [0.717, 1.165) is 29.5 Å². The Morgan fingerprint density at radius 3 is 2.88 bits per heavy atom. The van der Waals surface area contributed by atoms with Gasteiger partial charge in [-0.25, -0.2) is 0 Å². The van der Waals surface area contributed by atoms with Crippen LogP contribution < -0.4 is 0 Å². The molecule has 3 rings (SSSR count). The number of nitrogens with zero attached hydrogens (tertiary/aromatic N) is 5. The predicted octanol–water partition coefficient (Wildman–Crippen LogP) is 1.70. The van der Waals surface area contributed by atoms with Gasteiger partial charge in [0.1, 0.15) is 0 Å². The lowest BCUT2D eigenvalue weighted by Gasteiger charge is -2.26. The lowest BCUT2D eigenvalue weighted by atomic mass is 10.2. The number of carbonyl (C=O) groups is 1. The van der Waals surface area contributed by atoms with Crippen molar-refractivity contribution >= 4 is 17.7 Å². The molecule has 24 heavy (non-hydrogen) atoms. The molecule has 2 aromatic rings. The van der Waals surface area contributed by atoms with Gasteiger partial charge >= 0.3 is 0 Å². The molecule has 0 unspecified atom stereocenters. The SMILES string of the molecule is CCCn1c(SCC(=O)N2CCOCC2)nnc1-c1cccnc1. The Hall–Kier alpha value is -1.93. The quantitative estimate of drug-likeness (QED) is 0.741. The van der Waals surface area contributed by atoms with E-state index < -0.39 is 0 Å². The van der Waals surface area contributed by atoms with E-state index in [-0.39, 0.29) is 5.91 Å². The smallest absolute Gasteiger partial charge is 0.233 e. The number of rotatable bonds is 6. The van der Waals surface area contributed by atoms with E-state index in [2.05, 4.69) is 26.7 Å². The predicted molar refractivity (Wildman–Crippen MR) is 91.7 cm³/mol. The fourth-order valence-corrected chi connectivity index (χ4v) is 3.43. The molecule has 0 aromatic carbocycles. The third kappa shape index (κ3) is 3.93. The summed E-state index contributed by atoms with van der Waals surface area (Å²) < 4.78 is 7.35. The fraction of sp³-hybridized carbons (Fsp3) is 0.500. The third-order valence-corrected chi connectivity index (χ3v) is 4.72. The maximum absolute atomic E-state index is 12.3. The van der Waals surface area contributed by atoms with Crippen molar-refractivity contribution in [1.82, 2.24) is 24.6 Å². The first kappa shape index (κ1) is 16.9. The molecule has 0 atom stereocenters. The highest BCUT2D eigenvalue weighted by Crippen LogP contribution is 2.24. The molecular weight excluding hydrogens is 326 g/mol. The van der Waals surface area contributed by atoms with E-state index >= 15 is 0 Å². The van der Waals surface area contributed by atoms with Crippen molar-refractivity contribution in [2.24, 2.45) is 0 Å². The second-order valence-corrected chi connectivity index (χ2v) is 6.42. The molecule has 1 fully saturated rings. The number of ether oxygens (including phenoxy) is 1. The van der Waals surface area contributed by atoms with Crippen LogP contribution in [0, 0.1) is 0 Å². The first-order valence-corrected chi connectivity index (χ1v) is 9.10. The maximum atomic E-state index is 12.3. The summed E-state index contributed by atoms with van der Waals surface area (Å²) in [6, 6.07) is 3.85. The molecule has 7 nitrogen and oxygen atoms in total. The van der Waals surface area contributed by atoms with Crippen LogP contribution in [-0.2, 0) is 16.1 Å². The Morgan fingerprint density at radius 2 is 2.17 bits per heavy atom. The Bertz CT molecular complexity index is 670. The minimum absolute atomic E-state index is 0.122. The number of morpholine rings is 1. The maximum Gasteiger partial charge on any atom is 0.233 e. The van der Waals surface area contributed by atoms with Crippen molar-refractivity contribution in [3.05, 3.63) is 24.5 Å². The number of thioether (sulfide) groups is 1. The summed E-state index contributed by atoms with van der Waals surface area (Å²) in [4.78, 5) is 18.3. The van der Waals surface area contributed by atoms with Crippen molar-refractivity contribution in [3.8, 4) is 11.4 Å². The summed E-state index contributed by atoms with van der Waals surface area (Å²) in [6.45, 7) is 5.50. The first-order valence-electron chi connectivity index (χ1n) is 8.11. The molecule has 0 spiro atoms. The van der Waals surface area contributed by atoms with Crippen LogP contribution in [0.1, 0.15) is 13.3 Å². The van der Waals surface area contributed by atoms with E-state index in [4.69, 9.17) is 4.74 Å². The largest absolute Gasteiger partial charge is 0.378 e. The Kier molecular flexibility index (Phi) is 5.81. The van der Waals surface area contributed by atoms with Gasteiger partial charge in [-0.15, -0.1) is 10.2 Å². The van der Waals surface area contributed by atoms with Gasteiger partial charge in [-0.1, -0.05) is 18.7 Å². The number of amides is 1. The van der Waals surface area contributed by atoms with Crippen LogP contribution in [0.3, 0.4) is 0 Å². The topological polar surface area (TPSA) is 73.1 Å². The molecule has 0 aliphatic carbocycles. The Labute approximate surface area is 145 Å². The minimum atomic E-state index is 0.122. The van der Waals surface area contributed by atoms with Crippen molar-refractivity contribution in [2.75, 3.05) is 32.1 Å². The Balaban J connectivity index is 1.71. The molecule has 0 bridgehead atoms. The molecular formula is C16H21N5O2S. The second-order valence-electron chi connectivity index (χ2n) is 5.48. The molecule has 3 heterocycles. The van der Waals surface area contributed by atoms with Crippen molar-refractivity contribution in [3.63, 3.8) is 0 Å². The van der Waals surface area contributed by atoms with E-state index in [9.17, 15) is 4.79 Å². The summed E-state index contributed by atoms with van der Waals surface area (Å²) in [5, 5.41) is 9.36. The average molecular weight is 347 g/mol. The zero-order valence-electron chi connectivity index (χ0n) is 13.7. The van der Waals surface area contributed by atoms with Crippen molar-refractivity contribution < 1.29 is 9.53 Å². The molecule has 1 aliphatic heterocycles. The lowest BCUT2D eigenvalue weighted by molar-refractivity contribution is -0.132. The molecule has 2 aromatic heterocycles. The second kappa shape index (κ2) is 8.25. The molecule has 0 N–H and O–H groups in total. The molecule has 0 saturated carbocycles. The van der Waals surface area contributed by atoms with Crippen LogP contribution >= 0.6 is 11.8 Å². The molecule has 8 heteroatoms. The number of aromatic nitrogens is 4. The van der Waals surface area contributed by atoms with E-state index in [1.807, 2.05) is 17.0 Å². The monoisotopic (exact) mass is 347 g/mol. The number of hydrogen-bond donors (Lipinski definition) is 0. The van der Waals surface area contributed by atoms with Gasteiger partial charge in [-0.3, -0.25) is 9.78 Å².